The van der Waals surface area contributed by atoms with Crippen LogP contribution in [0, 0.1) is 5.92 Å². The Balaban J connectivity index is 2.69. The van der Waals surface area contributed by atoms with E-state index in [0.29, 0.717) is 5.57 Å². The van der Waals surface area contributed by atoms with Crippen LogP contribution < -0.4 is 0 Å². The number of carboxylic acids is 1. The number of benzene rings is 1. The van der Waals surface area contributed by atoms with Crippen LogP contribution in [0.25, 0.3) is 6.08 Å². The highest BCUT2D eigenvalue weighted by atomic mass is 16.4. The maximum absolute atomic E-state index is 11.2. The second kappa shape index (κ2) is 9.17. The van der Waals surface area contributed by atoms with Gasteiger partial charge in [-0.05, 0) is 36.3 Å². The van der Waals surface area contributed by atoms with Crippen LogP contribution in [0.15, 0.2) is 43.0 Å². The first kappa shape index (κ1) is 17.2. The van der Waals surface area contributed by atoms with Gasteiger partial charge >= 0.3 is 5.97 Å². The number of aryl methyl sites for hydroxylation is 1. The van der Waals surface area contributed by atoms with Gasteiger partial charge in [-0.1, -0.05) is 69.7 Å². The largest absolute Gasteiger partial charge is 0.478 e. The van der Waals surface area contributed by atoms with E-state index in [-0.39, 0.29) is 5.92 Å². The molecule has 0 amide bonds. The first-order valence-corrected chi connectivity index (χ1v) is 7.72. The Morgan fingerprint density at radius 2 is 2.00 bits per heavy atom. The SMILES string of the molecule is C=Cc1ccccc1CCC(CCCCC)C(=C)C(=O)O. The van der Waals surface area contributed by atoms with Crippen LogP contribution in [0.4, 0.5) is 0 Å². The van der Waals surface area contributed by atoms with Gasteiger partial charge in [-0.2, -0.15) is 0 Å². The topological polar surface area (TPSA) is 37.3 Å². The van der Waals surface area contributed by atoms with Gasteiger partial charge in [0.15, 0.2) is 0 Å². The van der Waals surface area contributed by atoms with E-state index in [1.165, 1.54) is 5.56 Å². The third-order valence-corrected chi connectivity index (χ3v) is 3.96. The molecule has 0 saturated carbocycles. The molecule has 1 aromatic rings. The van der Waals surface area contributed by atoms with Gasteiger partial charge in [-0.25, -0.2) is 4.79 Å². The van der Waals surface area contributed by atoms with E-state index >= 15 is 0 Å². The maximum atomic E-state index is 11.2. The molecule has 1 rings (SSSR count). The van der Waals surface area contributed by atoms with Crippen LogP contribution in [0.5, 0.6) is 0 Å². The maximum Gasteiger partial charge on any atom is 0.331 e. The lowest BCUT2D eigenvalue weighted by Crippen LogP contribution is -2.13. The summed E-state index contributed by atoms with van der Waals surface area (Å²) in [5, 5.41) is 9.19. The van der Waals surface area contributed by atoms with Gasteiger partial charge < -0.3 is 5.11 Å². The highest BCUT2D eigenvalue weighted by molar-refractivity contribution is 5.86. The zero-order valence-corrected chi connectivity index (χ0v) is 13.0. The number of hydrogen-bond acceptors (Lipinski definition) is 1. The first-order chi connectivity index (χ1) is 10.1. The predicted molar refractivity (Wildman–Crippen MR) is 89.3 cm³/mol. The minimum atomic E-state index is -0.867. The second-order valence-electron chi connectivity index (χ2n) is 5.46. The van der Waals surface area contributed by atoms with Gasteiger partial charge in [0.1, 0.15) is 0 Å². The molecule has 0 aliphatic heterocycles. The summed E-state index contributed by atoms with van der Waals surface area (Å²) in [7, 11) is 0. The molecule has 21 heavy (non-hydrogen) atoms. The van der Waals surface area contributed by atoms with Gasteiger partial charge in [-0.15, -0.1) is 0 Å². The van der Waals surface area contributed by atoms with Gasteiger partial charge in [0.25, 0.3) is 0 Å². The van der Waals surface area contributed by atoms with Crippen molar-refractivity contribution in [3.63, 3.8) is 0 Å². The van der Waals surface area contributed by atoms with Gasteiger partial charge in [0.2, 0.25) is 0 Å². The van der Waals surface area contributed by atoms with Crippen LogP contribution >= 0.6 is 0 Å². The third kappa shape index (κ3) is 5.58. The fraction of sp³-hybridized carbons (Fsp3) is 0.421. The molecule has 114 valence electrons. The summed E-state index contributed by atoms with van der Waals surface area (Å²) < 4.78 is 0. The molecule has 1 atom stereocenters. The van der Waals surface area contributed by atoms with E-state index in [2.05, 4.69) is 26.1 Å². The zero-order valence-electron chi connectivity index (χ0n) is 13.0. The van der Waals surface area contributed by atoms with E-state index in [4.69, 9.17) is 0 Å². The second-order valence-corrected chi connectivity index (χ2v) is 5.46. The van der Waals surface area contributed by atoms with Gasteiger partial charge in [0, 0.05) is 5.57 Å². The molecule has 0 aliphatic carbocycles. The van der Waals surface area contributed by atoms with E-state index in [1.54, 1.807) is 0 Å². The Labute approximate surface area is 128 Å². The van der Waals surface area contributed by atoms with E-state index < -0.39 is 5.97 Å². The summed E-state index contributed by atoms with van der Waals surface area (Å²) in [6.07, 6.45) is 7.82. The fourth-order valence-electron chi connectivity index (χ4n) is 2.60. The smallest absolute Gasteiger partial charge is 0.331 e. The summed E-state index contributed by atoms with van der Waals surface area (Å²) in [5.74, 6) is -0.805. The van der Waals surface area contributed by atoms with Crippen molar-refractivity contribution in [2.45, 2.75) is 45.4 Å². The molecule has 0 saturated heterocycles. The lowest BCUT2D eigenvalue weighted by Gasteiger charge is -2.17. The van der Waals surface area contributed by atoms with Crippen molar-refractivity contribution in [1.82, 2.24) is 0 Å². The summed E-state index contributed by atoms with van der Waals surface area (Å²) in [4.78, 5) is 11.2. The number of hydrogen-bond donors (Lipinski definition) is 1. The standard InChI is InChI=1S/C19H26O2/c1-4-6-7-11-17(15(3)19(20)21)13-14-18-12-9-8-10-16(18)5-2/h5,8-10,12,17H,2-4,6-7,11,13-14H2,1H3,(H,20,21). The van der Waals surface area contributed by atoms with Crippen LogP contribution in [0.1, 0.15) is 50.2 Å². The van der Waals surface area contributed by atoms with Crippen LogP contribution in [0.2, 0.25) is 0 Å². The Bertz CT molecular complexity index is 488. The van der Waals surface area contributed by atoms with E-state index in [1.807, 2.05) is 24.3 Å². The number of carboxylic acid groups (broad SMARTS) is 1. The Hall–Kier alpha value is -1.83. The summed E-state index contributed by atoms with van der Waals surface area (Å²) in [6.45, 7) is 9.75. The van der Waals surface area contributed by atoms with Gasteiger partial charge in [0.05, 0.1) is 0 Å². The summed E-state index contributed by atoms with van der Waals surface area (Å²) >= 11 is 0. The van der Waals surface area contributed by atoms with Crippen molar-refractivity contribution in [3.05, 3.63) is 54.1 Å². The lowest BCUT2D eigenvalue weighted by atomic mass is 9.87. The average Bonchev–Trinajstić information content (AvgIpc) is 2.50. The monoisotopic (exact) mass is 286 g/mol. The van der Waals surface area contributed by atoms with Crippen molar-refractivity contribution in [1.29, 1.82) is 0 Å². The molecule has 0 fully saturated rings. The fourth-order valence-corrected chi connectivity index (χ4v) is 2.60. The quantitative estimate of drug-likeness (QED) is 0.480. The zero-order chi connectivity index (χ0) is 15.7. The van der Waals surface area contributed by atoms with Crippen LogP contribution in [0.3, 0.4) is 0 Å². The van der Waals surface area contributed by atoms with Crippen molar-refractivity contribution < 1.29 is 9.90 Å². The third-order valence-electron chi connectivity index (χ3n) is 3.96. The van der Waals surface area contributed by atoms with Crippen molar-refractivity contribution >= 4 is 12.0 Å². The number of rotatable bonds is 10. The minimum Gasteiger partial charge on any atom is -0.478 e. The average molecular weight is 286 g/mol. The normalized spacial score (nSPS) is 11.9. The highest BCUT2D eigenvalue weighted by Crippen LogP contribution is 2.24. The van der Waals surface area contributed by atoms with Crippen molar-refractivity contribution in [3.8, 4) is 0 Å². The molecule has 0 spiro atoms. The molecule has 0 bridgehead atoms. The summed E-state index contributed by atoms with van der Waals surface area (Å²) in [5.41, 5.74) is 2.71. The van der Waals surface area contributed by atoms with Crippen molar-refractivity contribution in [2.75, 3.05) is 0 Å². The molecule has 0 heterocycles. The predicted octanol–water partition coefficient (Wildman–Crippen LogP) is 5.10. The number of unbranched alkanes of at least 4 members (excludes halogenated alkanes) is 2. The number of carbonyl (C=O) groups is 1. The van der Waals surface area contributed by atoms with Crippen molar-refractivity contribution in [2.24, 2.45) is 5.92 Å². The molecule has 2 nitrogen and oxygen atoms in total. The summed E-state index contributed by atoms with van der Waals surface area (Å²) in [6, 6.07) is 8.14. The van der Waals surface area contributed by atoms with Gasteiger partial charge in [-0.3, -0.25) is 0 Å². The van der Waals surface area contributed by atoms with E-state index in [0.717, 1.165) is 44.1 Å². The lowest BCUT2D eigenvalue weighted by molar-refractivity contribution is -0.133. The Kier molecular flexibility index (Phi) is 7.52. The molecular formula is C19H26O2. The molecule has 1 N–H and O–H groups in total. The molecule has 0 aliphatic rings. The Morgan fingerprint density at radius 3 is 2.62 bits per heavy atom. The minimum absolute atomic E-state index is 0.0620. The first-order valence-electron chi connectivity index (χ1n) is 7.72. The number of aliphatic carboxylic acids is 1. The van der Waals surface area contributed by atoms with Crippen LogP contribution in [-0.2, 0) is 11.2 Å². The molecule has 2 heteroatoms. The molecule has 1 aromatic carbocycles. The molecule has 0 radical (unpaired) electrons. The molecule has 1 unspecified atom stereocenters. The Morgan fingerprint density at radius 1 is 1.29 bits per heavy atom. The molecule has 0 aromatic heterocycles. The van der Waals surface area contributed by atoms with E-state index in [9.17, 15) is 9.90 Å². The highest BCUT2D eigenvalue weighted by Gasteiger charge is 2.18. The van der Waals surface area contributed by atoms with Crippen LogP contribution in [-0.4, -0.2) is 11.1 Å². The molecular weight excluding hydrogens is 260 g/mol.